The number of aromatic nitrogens is 1. The van der Waals surface area contributed by atoms with Crippen LogP contribution in [0.4, 0.5) is 5.82 Å². The fourth-order valence-corrected chi connectivity index (χ4v) is 2.44. The van der Waals surface area contributed by atoms with Crippen molar-refractivity contribution >= 4 is 17.7 Å². The van der Waals surface area contributed by atoms with E-state index in [1.807, 2.05) is 18.7 Å². The Balaban J connectivity index is 2.35. The molecule has 19 heavy (non-hydrogen) atoms. The lowest BCUT2D eigenvalue weighted by Crippen LogP contribution is -2.27. The molecule has 1 amide bonds. The Kier molecular flexibility index (Phi) is 3.42. The molecular formula is C13H17N3O3. The summed E-state index contributed by atoms with van der Waals surface area (Å²) in [5, 5.41) is 9.14. The smallest absolute Gasteiger partial charge is 0.308 e. The van der Waals surface area contributed by atoms with Crippen LogP contribution in [-0.4, -0.2) is 35.1 Å². The summed E-state index contributed by atoms with van der Waals surface area (Å²) in [6.07, 6.45) is 0. The van der Waals surface area contributed by atoms with Crippen LogP contribution in [0.25, 0.3) is 0 Å². The zero-order valence-electron chi connectivity index (χ0n) is 11.0. The predicted octanol–water partition coefficient (Wildman–Crippen LogP) is 0.646. The van der Waals surface area contributed by atoms with Gasteiger partial charge in [-0.2, -0.15) is 0 Å². The van der Waals surface area contributed by atoms with Crippen molar-refractivity contribution in [1.82, 2.24) is 4.98 Å². The summed E-state index contributed by atoms with van der Waals surface area (Å²) in [6, 6.07) is 3.36. The van der Waals surface area contributed by atoms with E-state index in [1.165, 1.54) is 0 Å². The lowest BCUT2D eigenvalue weighted by atomic mass is 9.99. The standard InChI is InChI=1S/C13H17N3O3/c1-7-5-16(6-10(7)13(18)19)12-9(11(14)17)4-3-8(2)15-12/h3-4,7,10H,5-6H2,1-2H3,(H2,14,17)(H,18,19). The minimum Gasteiger partial charge on any atom is -0.481 e. The van der Waals surface area contributed by atoms with Crippen LogP contribution in [0, 0.1) is 18.8 Å². The molecule has 0 aliphatic carbocycles. The zero-order chi connectivity index (χ0) is 14.2. The van der Waals surface area contributed by atoms with Gasteiger partial charge in [-0.3, -0.25) is 9.59 Å². The van der Waals surface area contributed by atoms with E-state index in [0.717, 1.165) is 5.69 Å². The van der Waals surface area contributed by atoms with Crippen molar-refractivity contribution in [3.8, 4) is 0 Å². The van der Waals surface area contributed by atoms with Crippen molar-refractivity contribution in [3.05, 3.63) is 23.4 Å². The molecule has 2 rings (SSSR count). The Morgan fingerprint density at radius 3 is 2.63 bits per heavy atom. The Morgan fingerprint density at radius 1 is 1.42 bits per heavy atom. The first-order valence-electron chi connectivity index (χ1n) is 6.15. The molecule has 0 radical (unpaired) electrons. The van der Waals surface area contributed by atoms with Gasteiger partial charge in [-0.05, 0) is 25.0 Å². The molecule has 2 atom stereocenters. The number of anilines is 1. The summed E-state index contributed by atoms with van der Waals surface area (Å²) >= 11 is 0. The third kappa shape index (κ3) is 2.52. The lowest BCUT2D eigenvalue weighted by Gasteiger charge is -2.19. The topological polar surface area (TPSA) is 96.5 Å². The van der Waals surface area contributed by atoms with Gasteiger partial charge >= 0.3 is 5.97 Å². The highest BCUT2D eigenvalue weighted by Crippen LogP contribution is 2.29. The summed E-state index contributed by atoms with van der Waals surface area (Å²) < 4.78 is 0. The Morgan fingerprint density at radius 2 is 2.11 bits per heavy atom. The van der Waals surface area contributed by atoms with Crippen molar-refractivity contribution in [2.75, 3.05) is 18.0 Å². The van der Waals surface area contributed by atoms with Crippen molar-refractivity contribution < 1.29 is 14.7 Å². The second-order valence-corrected chi connectivity index (χ2v) is 5.02. The van der Waals surface area contributed by atoms with Crippen LogP contribution in [0.5, 0.6) is 0 Å². The lowest BCUT2D eigenvalue weighted by molar-refractivity contribution is -0.142. The number of carbonyl (C=O) groups is 2. The van der Waals surface area contributed by atoms with Crippen LogP contribution in [0.15, 0.2) is 12.1 Å². The zero-order valence-corrected chi connectivity index (χ0v) is 11.0. The van der Waals surface area contributed by atoms with Crippen LogP contribution in [0.2, 0.25) is 0 Å². The predicted molar refractivity (Wildman–Crippen MR) is 70.0 cm³/mol. The maximum atomic E-state index is 11.4. The fourth-order valence-electron chi connectivity index (χ4n) is 2.44. The summed E-state index contributed by atoms with van der Waals surface area (Å²) in [6.45, 7) is 4.63. The molecule has 0 bridgehead atoms. The Hall–Kier alpha value is -2.11. The van der Waals surface area contributed by atoms with E-state index in [1.54, 1.807) is 12.1 Å². The van der Waals surface area contributed by atoms with E-state index < -0.39 is 17.8 Å². The Bertz CT molecular complexity index is 530. The minimum atomic E-state index is -0.816. The number of pyridine rings is 1. The van der Waals surface area contributed by atoms with Gasteiger partial charge in [-0.15, -0.1) is 0 Å². The first-order valence-corrected chi connectivity index (χ1v) is 6.15. The average Bonchev–Trinajstić information content (AvgIpc) is 2.70. The van der Waals surface area contributed by atoms with Gasteiger partial charge in [0, 0.05) is 18.8 Å². The largest absolute Gasteiger partial charge is 0.481 e. The summed E-state index contributed by atoms with van der Waals surface area (Å²) in [5.41, 5.74) is 6.45. The van der Waals surface area contributed by atoms with Gasteiger partial charge in [0.05, 0.1) is 11.5 Å². The molecule has 1 aliphatic rings. The molecule has 0 aromatic carbocycles. The molecule has 1 saturated heterocycles. The maximum Gasteiger partial charge on any atom is 0.308 e. The number of amides is 1. The highest BCUT2D eigenvalue weighted by molar-refractivity contribution is 5.97. The van der Waals surface area contributed by atoms with Gasteiger partial charge in [0.25, 0.3) is 5.91 Å². The molecule has 1 aromatic heterocycles. The molecule has 1 aliphatic heterocycles. The molecule has 0 saturated carbocycles. The molecular weight excluding hydrogens is 246 g/mol. The SMILES string of the molecule is Cc1ccc(C(N)=O)c(N2CC(C)C(C(=O)O)C2)n1. The van der Waals surface area contributed by atoms with Crippen LogP contribution < -0.4 is 10.6 Å². The minimum absolute atomic E-state index is 0.0144. The van der Waals surface area contributed by atoms with E-state index in [-0.39, 0.29) is 5.92 Å². The maximum absolute atomic E-state index is 11.4. The quantitative estimate of drug-likeness (QED) is 0.834. The second-order valence-electron chi connectivity index (χ2n) is 5.02. The van der Waals surface area contributed by atoms with E-state index in [2.05, 4.69) is 4.98 Å². The molecule has 102 valence electrons. The van der Waals surface area contributed by atoms with E-state index in [9.17, 15) is 9.59 Å². The summed E-state index contributed by atoms with van der Waals surface area (Å²) in [7, 11) is 0. The number of hydrogen-bond donors (Lipinski definition) is 2. The third-order valence-electron chi connectivity index (χ3n) is 3.51. The summed E-state index contributed by atoms with van der Waals surface area (Å²) in [5.74, 6) is -1.30. The highest BCUT2D eigenvalue weighted by Gasteiger charge is 2.36. The van der Waals surface area contributed by atoms with Crippen molar-refractivity contribution in [1.29, 1.82) is 0 Å². The van der Waals surface area contributed by atoms with Crippen molar-refractivity contribution in [2.45, 2.75) is 13.8 Å². The van der Waals surface area contributed by atoms with Gasteiger partial charge in [0.2, 0.25) is 0 Å². The molecule has 6 nitrogen and oxygen atoms in total. The molecule has 2 unspecified atom stereocenters. The van der Waals surface area contributed by atoms with E-state index in [0.29, 0.717) is 24.5 Å². The van der Waals surface area contributed by atoms with Crippen LogP contribution in [0.3, 0.4) is 0 Å². The molecule has 0 spiro atoms. The van der Waals surface area contributed by atoms with Gasteiger partial charge in [0.15, 0.2) is 0 Å². The number of nitrogens with zero attached hydrogens (tertiary/aromatic N) is 2. The highest BCUT2D eigenvalue weighted by atomic mass is 16.4. The monoisotopic (exact) mass is 263 g/mol. The second kappa shape index (κ2) is 4.87. The number of primary amides is 1. The van der Waals surface area contributed by atoms with Crippen molar-refractivity contribution in [2.24, 2.45) is 17.6 Å². The molecule has 1 fully saturated rings. The molecule has 6 heteroatoms. The Labute approximate surface area is 111 Å². The number of nitrogens with two attached hydrogens (primary N) is 1. The van der Waals surface area contributed by atoms with E-state index in [4.69, 9.17) is 10.8 Å². The number of hydrogen-bond acceptors (Lipinski definition) is 4. The number of aryl methyl sites for hydroxylation is 1. The summed E-state index contributed by atoms with van der Waals surface area (Å²) in [4.78, 5) is 28.7. The molecule has 3 N–H and O–H groups in total. The number of carbonyl (C=O) groups excluding carboxylic acids is 1. The van der Waals surface area contributed by atoms with Gasteiger partial charge in [0.1, 0.15) is 5.82 Å². The number of carboxylic acids is 1. The number of carboxylic acid groups (broad SMARTS) is 1. The number of rotatable bonds is 3. The first-order chi connectivity index (χ1) is 8.90. The van der Waals surface area contributed by atoms with Crippen LogP contribution in [0.1, 0.15) is 23.0 Å². The first kappa shape index (κ1) is 13.3. The fraction of sp³-hybridized carbons (Fsp3) is 0.462. The van der Waals surface area contributed by atoms with Gasteiger partial charge in [-0.25, -0.2) is 4.98 Å². The molecule has 2 heterocycles. The van der Waals surface area contributed by atoms with Crippen LogP contribution in [-0.2, 0) is 4.79 Å². The van der Waals surface area contributed by atoms with Crippen LogP contribution >= 0.6 is 0 Å². The third-order valence-corrected chi connectivity index (χ3v) is 3.51. The van der Waals surface area contributed by atoms with Gasteiger partial charge < -0.3 is 15.7 Å². The van der Waals surface area contributed by atoms with Crippen molar-refractivity contribution in [3.63, 3.8) is 0 Å². The average molecular weight is 263 g/mol. The molecule has 1 aromatic rings. The normalized spacial score (nSPS) is 22.5. The van der Waals surface area contributed by atoms with Gasteiger partial charge in [-0.1, -0.05) is 6.92 Å². The number of aliphatic carboxylic acids is 1. The van der Waals surface area contributed by atoms with E-state index >= 15 is 0 Å².